The van der Waals surface area contributed by atoms with Crippen LogP contribution in [0.15, 0.2) is 72.8 Å². The summed E-state index contributed by atoms with van der Waals surface area (Å²) in [5.41, 5.74) is 4.94. The molecule has 1 atom stereocenters. The van der Waals surface area contributed by atoms with E-state index in [1.54, 1.807) is 0 Å². The van der Waals surface area contributed by atoms with E-state index in [-0.39, 0.29) is 0 Å². The van der Waals surface area contributed by atoms with Gasteiger partial charge < -0.3 is 5.32 Å². The molecule has 0 radical (unpaired) electrons. The summed E-state index contributed by atoms with van der Waals surface area (Å²) in [6, 6.07) is 26.1. The van der Waals surface area contributed by atoms with E-state index in [0.29, 0.717) is 6.04 Å². The second-order valence-electron chi connectivity index (χ2n) is 7.54. The Morgan fingerprint density at radius 3 is 2.61 bits per heavy atom. The maximum absolute atomic E-state index is 4.70. The maximum atomic E-state index is 4.70. The lowest BCUT2D eigenvalue weighted by molar-refractivity contribution is 0.598. The first-order valence-corrected chi connectivity index (χ1v) is 9.95. The maximum Gasteiger partial charge on any atom is 0.130 e. The molecule has 3 aromatic carbocycles. The van der Waals surface area contributed by atoms with Gasteiger partial charge in [-0.2, -0.15) is 0 Å². The molecule has 0 fully saturated rings. The van der Waals surface area contributed by atoms with Crippen LogP contribution in [0.3, 0.4) is 0 Å². The van der Waals surface area contributed by atoms with Gasteiger partial charge in [0.2, 0.25) is 0 Å². The fourth-order valence-electron chi connectivity index (χ4n) is 4.22. The summed E-state index contributed by atoms with van der Waals surface area (Å²) in [4.78, 5) is 9.36. The van der Waals surface area contributed by atoms with E-state index in [1.165, 1.54) is 34.7 Å². The first kappa shape index (κ1) is 16.9. The van der Waals surface area contributed by atoms with Crippen LogP contribution in [-0.4, -0.2) is 9.97 Å². The van der Waals surface area contributed by atoms with Gasteiger partial charge in [0.15, 0.2) is 0 Å². The summed E-state index contributed by atoms with van der Waals surface area (Å²) >= 11 is 0. The van der Waals surface area contributed by atoms with Gasteiger partial charge >= 0.3 is 0 Å². The average molecular weight is 365 g/mol. The Hall–Kier alpha value is -3.20. The number of nitrogens with one attached hydrogen (secondary N) is 1. The summed E-state index contributed by atoms with van der Waals surface area (Å²) < 4.78 is 0. The molecule has 3 nitrogen and oxygen atoms in total. The molecule has 0 aliphatic heterocycles. The van der Waals surface area contributed by atoms with Crippen LogP contribution in [0.1, 0.15) is 35.8 Å². The van der Waals surface area contributed by atoms with Crippen LogP contribution in [0.4, 0.5) is 5.82 Å². The molecule has 5 rings (SSSR count). The molecule has 1 N–H and O–H groups in total. The fourth-order valence-corrected chi connectivity index (χ4v) is 4.22. The van der Waals surface area contributed by atoms with Crippen molar-refractivity contribution in [2.75, 3.05) is 5.32 Å². The molecule has 4 aromatic rings. The number of anilines is 1. The summed E-state index contributed by atoms with van der Waals surface area (Å²) in [5, 5.41) is 6.15. The molecule has 0 amide bonds. The zero-order valence-electron chi connectivity index (χ0n) is 16.0. The third-order valence-corrected chi connectivity index (χ3v) is 5.57. The lowest BCUT2D eigenvalue weighted by atomic mass is 9.88. The molecule has 1 aliphatic rings. The molecule has 1 aromatic heterocycles. The molecule has 0 saturated carbocycles. The molecule has 0 bridgehead atoms. The van der Waals surface area contributed by atoms with Crippen LogP contribution in [0.25, 0.3) is 22.0 Å². The smallest absolute Gasteiger partial charge is 0.130 e. The number of fused-ring (bicyclic) bond motifs is 2. The quantitative estimate of drug-likeness (QED) is 0.477. The van der Waals surface area contributed by atoms with Crippen molar-refractivity contribution in [3.63, 3.8) is 0 Å². The fraction of sp³-hybridized carbons (Fsp3) is 0.200. The highest BCUT2D eigenvalue weighted by Crippen LogP contribution is 2.33. The predicted molar refractivity (Wildman–Crippen MR) is 115 cm³/mol. The van der Waals surface area contributed by atoms with Crippen molar-refractivity contribution < 1.29 is 0 Å². The highest BCUT2D eigenvalue weighted by Gasteiger charge is 2.20. The topological polar surface area (TPSA) is 37.8 Å². The lowest BCUT2D eigenvalue weighted by Crippen LogP contribution is -2.18. The van der Waals surface area contributed by atoms with Crippen molar-refractivity contribution in [2.45, 2.75) is 32.2 Å². The van der Waals surface area contributed by atoms with Gasteiger partial charge in [0, 0.05) is 11.6 Å². The van der Waals surface area contributed by atoms with E-state index >= 15 is 0 Å². The van der Waals surface area contributed by atoms with Gasteiger partial charge in [0.25, 0.3) is 0 Å². The highest BCUT2D eigenvalue weighted by atomic mass is 15.0. The van der Waals surface area contributed by atoms with Crippen molar-refractivity contribution in [2.24, 2.45) is 0 Å². The van der Waals surface area contributed by atoms with Crippen LogP contribution in [0, 0.1) is 6.92 Å². The second kappa shape index (κ2) is 7.08. The van der Waals surface area contributed by atoms with Crippen molar-refractivity contribution >= 4 is 16.6 Å². The summed E-state index contributed by atoms with van der Waals surface area (Å²) in [6.45, 7) is 1.96. The third-order valence-electron chi connectivity index (χ3n) is 5.57. The average Bonchev–Trinajstić information content (AvgIpc) is 2.73. The zero-order chi connectivity index (χ0) is 18.9. The first-order chi connectivity index (χ1) is 13.8. The van der Waals surface area contributed by atoms with Crippen LogP contribution in [-0.2, 0) is 6.42 Å². The molecular weight excluding hydrogens is 342 g/mol. The minimum atomic E-state index is 0.309. The van der Waals surface area contributed by atoms with Crippen molar-refractivity contribution in [3.05, 3.63) is 89.7 Å². The van der Waals surface area contributed by atoms with Gasteiger partial charge in [-0.3, -0.25) is 0 Å². The molecule has 1 heterocycles. The van der Waals surface area contributed by atoms with Gasteiger partial charge in [0.05, 0.1) is 11.7 Å². The summed E-state index contributed by atoms with van der Waals surface area (Å²) in [7, 11) is 0. The number of rotatable bonds is 3. The number of nitrogens with zero attached hydrogens (tertiary/aromatic N) is 2. The molecule has 28 heavy (non-hydrogen) atoms. The van der Waals surface area contributed by atoms with Gasteiger partial charge in [-0.1, -0.05) is 60.7 Å². The van der Waals surface area contributed by atoms with Crippen molar-refractivity contribution in [1.82, 2.24) is 9.97 Å². The van der Waals surface area contributed by atoms with Gasteiger partial charge in [-0.05, 0) is 54.2 Å². The van der Waals surface area contributed by atoms with Gasteiger partial charge in [-0.15, -0.1) is 0 Å². The SMILES string of the molecule is Cc1nc(NC2CCCc3ccccc32)cc(-c2ccc3ccccc3c2)n1. The van der Waals surface area contributed by atoms with E-state index < -0.39 is 0 Å². The van der Waals surface area contributed by atoms with Gasteiger partial charge in [0.1, 0.15) is 11.6 Å². The van der Waals surface area contributed by atoms with Crippen LogP contribution < -0.4 is 5.32 Å². The van der Waals surface area contributed by atoms with Gasteiger partial charge in [-0.25, -0.2) is 9.97 Å². The van der Waals surface area contributed by atoms with E-state index in [1.807, 2.05) is 6.92 Å². The second-order valence-corrected chi connectivity index (χ2v) is 7.54. The van der Waals surface area contributed by atoms with Crippen molar-refractivity contribution in [3.8, 4) is 11.3 Å². The molecule has 1 aliphatic carbocycles. The Labute approximate surface area is 165 Å². The van der Waals surface area contributed by atoms with Crippen LogP contribution >= 0.6 is 0 Å². The predicted octanol–water partition coefficient (Wildman–Crippen LogP) is 6.09. The Kier molecular flexibility index (Phi) is 4.28. The summed E-state index contributed by atoms with van der Waals surface area (Å²) in [6.07, 6.45) is 3.50. The molecule has 3 heteroatoms. The normalized spacial score (nSPS) is 16.0. The Balaban J connectivity index is 1.49. The number of hydrogen-bond donors (Lipinski definition) is 1. The first-order valence-electron chi connectivity index (χ1n) is 9.95. The standard InChI is InChI=1S/C25H23N3/c1-17-26-24(21-14-13-18-7-2-3-9-20(18)15-21)16-25(27-17)28-23-12-6-10-19-8-4-5-11-22(19)23/h2-5,7-9,11,13-16,23H,6,10,12H2,1H3,(H,26,27,28). The Morgan fingerprint density at radius 1 is 0.857 bits per heavy atom. The molecule has 0 saturated heterocycles. The molecule has 1 unspecified atom stereocenters. The number of aromatic nitrogens is 2. The number of benzene rings is 3. The summed E-state index contributed by atoms with van der Waals surface area (Å²) in [5.74, 6) is 1.69. The third kappa shape index (κ3) is 3.24. The van der Waals surface area contributed by atoms with E-state index in [0.717, 1.165) is 29.3 Å². The Morgan fingerprint density at radius 2 is 1.68 bits per heavy atom. The number of aryl methyl sites for hydroxylation is 2. The number of hydrogen-bond acceptors (Lipinski definition) is 3. The Bertz CT molecular complexity index is 1150. The molecule has 138 valence electrons. The monoisotopic (exact) mass is 365 g/mol. The van der Waals surface area contributed by atoms with E-state index in [9.17, 15) is 0 Å². The zero-order valence-corrected chi connectivity index (χ0v) is 16.0. The molecule has 0 spiro atoms. The van der Waals surface area contributed by atoms with E-state index in [2.05, 4.69) is 83.1 Å². The van der Waals surface area contributed by atoms with Crippen LogP contribution in [0.5, 0.6) is 0 Å². The highest BCUT2D eigenvalue weighted by molar-refractivity contribution is 5.87. The van der Waals surface area contributed by atoms with Crippen molar-refractivity contribution in [1.29, 1.82) is 0 Å². The minimum absolute atomic E-state index is 0.309. The lowest BCUT2D eigenvalue weighted by Gasteiger charge is -2.27. The largest absolute Gasteiger partial charge is 0.363 e. The van der Waals surface area contributed by atoms with E-state index in [4.69, 9.17) is 4.98 Å². The van der Waals surface area contributed by atoms with Crippen LogP contribution in [0.2, 0.25) is 0 Å². The minimum Gasteiger partial charge on any atom is -0.363 e. The molecular formula is C25H23N3.